The van der Waals surface area contributed by atoms with Crippen LogP contribution in [0, 0.1) is 0 Å². The molecule has 1 aliphatic heterocycles. The lowest BCUT2D eigenvalue weighted by atomic mass is 10.2. The molecule has 1 saturated heterocycles. The summed E-state index contributed by atoms with van der Waals surface area (Å²) in [6, 6.07) is 8.74. The van der Waals surface area contributed by atoms with Gasteiger partial charge in [-0.05, 0) is 38.1 Å². The van der Waals surface area contributed by atoms with E-state index in [0.29, 0.717) is 6.04 Å². The van der Waals surface area contributed by atoms with E-state index in [2.05, 4.69) is 23.3 Å². The highest BCUT2D eigenvalue weighted by atomic mass is 35.5. The zero-order chi connectivity index (χ0) is 11.4. The molecule has 0 aromatic heterocycles. The van der Waals surface area contributed by atoms with E-state index in [1.54, 1.807) is 0 Å². The van der Waals surface area contributed by atoms with Crippen LogP contribution in [0.15, 0.2) is 24.3 Å². The number of halogens is 1. The first-order chi connectivity index (χ1) is 7.75. The fourth-order valence-corrected chi connectivity index (χ4v) is 2.47. The minimum Gasteiger partial charge on any atom is -0.313 e. The molecule has 2 rings (SSSR count). The van der Waals surface area contributed by atoms with Gasteiger partial charge in [-0.15, -0.1) is 0 Å². The van der Waals surface area contributed by atoms with Crippen molar-refractivity contribution in [2.75, 3.05) is 20.1 Å². The Bertz CT molecular complexity index is 334. The summed E-state index contributed by atoms with van der Waals surface area (Å²) >= 11 is 6.14. The molecule has 16 heavy (non-hydrogen) atoms. The maximum Gasteiger partial charge on any atom is 0.0451 e. The monoisotopic (exact) mass is 238 g/mol. The standard InChI is InChI=1S/C13H19ClN2/c1-16(10-12-6-4-8-15-12)9-11-5-2-3-7-13(11)14/h2-3,5,7,12,15H,4,6,8-10H2,1H3/t12-/m0/s1. The van der Waals surface area contributed by atoms with Gasteiger partial charge < -0.3 is 10.2 Å². The second kappa shape index (κ2) is 5.67. The Morgan fingerprint density at radius 3 is 2.94 bits per heavy atom. The minimum atomic E-state index is 0.660. The van der Waals surface area contributed by atoms with Crippen molar-refractivity contribution in [2.24, 2.45) is 0 Å². The first kappa shape index (κ1) is 11.9. The maximum absolute atomic E-state index is 6.14. The molecule has 0 unspecified atom stereocenters. The number of likely N-dealkylation sites (N-methyl/N-ethyl adjacent to an activating group) is 1. The molecule has 88 valence electrons. The molecule has 1 heterocycles. The highest BCUT2D eigenvalue weighted by Crippen LogP contribution is 2.17. The SMILES string of the molecule is CN(Cc1ccccc1Cl)C[C@@H]1CCCN1. The first-order valence-corrected chi connectivity index (χ1v) is 6.29. The molecule has 1 aromatic rings. The van der Waals surface area contributed by atoms with Gasteiger partial charge in [0.15, 0.2) is 0 Å². The molecular formula is C13H19ClN2. The highest BCUT2D eigenvalue weighted by Gasteiger charge is 2.16. The van der Waals surface area contributed by atoms with Gasteiger partial charge in [-0.25, -0.2) is 0 Å². The number of benzene rings is 1. The second-order valence-corrected chi connectivity index (χ2v) is 4.99. The highest BCUT2D eigenvalue weighted by molar-refractivity contribution is 6.31. The molecule has 2 nitrogen and oxygen atoms in total. The molecule has 0 bridgehead atoms. The van der Waals surface area contributed by atoms with Crippen LogP contribution in [0.4, 0.5) is 0 Å². The van der Waals surface area contributed by atoms with Crippen LogP contribution in [0.3, 0.4) is 0 Å². The van der Waals surface area contributed by atoms with Crippen molar-refractivity contribution in [2.45, 2.75) is 25.4 Å². The van der Waals surface area contributed by atoms with Gasteiger partial charge in [0.25, 0.3) is 0 Å². The van der Waals surface area contributed by atoms with Gasteiger partial charge in [-0.2, -0.15) is 0 Å². The zero-order valence-corrected chi connectivity index (χ0v) is 10.5. The number of hydrogen-bond acceptors (Lipinski definition) is 2. The number of hydrogen-bond donors (Lipinski definition) is 1. The van der Waals surface area contributed by atoms with Crippen molar-refractivity contribution in [3.63, 3.8) is 0 Å². The van der Waals surface area contributed by atoms with E-state index in [0.717, 1.165) is 18.1 Å². The van der Waals surface area contributed by atoms with Crippen LogP contribution in [-0.4, -0.2) is 31.1 Å². The van der Waals surface area contributed by atoms with Gasteiger partial charge in [-0.1, -0.05) is 29.8 Å². The predicted octanol–water partition coefficient (Wildman–Crippen LogP) is 2.52. The Morgan fingerprint density at radius 1 is 1.44 bits per heavy atom. The normalized spacial score (nSPS) is 20.6. The largest absolute Gasteiger partial charge is 0.313 e. The molecule has 3 heteroatoms. The molecule has 0 amide bonds. The number of nitrogens with one attached hydrogen (secondary N) is 1. The molecule has 0 saturated carbocycles. The summed E-state index contributed by atoms with van der Waals surface area (Å²) in [5.41, 5.74) is 1.21. The van der Waals surface area contributed by atoms with E-state index in [4.69, 9.17) is 11.6 Å². The summed E-state index contributed by atoms with van der Waals surface area (Å²) in [6.07, 6.45) is 2.61. The van der Waals surface area contributed by atoms with Crippen molar-refractivity contribution in [3.8, 4) is 0 Å². The third-order valence-corrected chi connectivity index (χ3v) is 3.46. The molecule has 1 aromatic carbocycles. The average Bonchev–Trinajstić information content (AvgIpc) is 2.74. The van der Waals surface area contributed by atoms with Crippen molar-refractivity contribution in [1.29, 1.82) is 0 Å². The van der Waals surface area contributed by atoms with Crippen LogP contribution in [0.5, 0.6) is 0 Å². The summed E-state index contributed by atoms with van der Waals surface area (Å²) in [5, 5.41) is 4.38. The molecule has 0 aliphatic carbocycles. The summed E-state index contributed by atoms with van der Waals surface area (Å²) in [5.74, 6) is 0. The Labute approximate surface area is 103 Å². The van der Waals surface area contributed by atoms with E-state index in [9.17, 15) is 0 Å². The average molecular weight is 239 g/mol. The summed E-state index contributed by atoms with van der Waals surface area (Å²) in [7, 11) is 2.16. The molecular weight excluding hydrogens is 220 g/mol. The van der Waals surface area contributed by atoms with Gasteiger partial charge in [0.05, 0.1) is 0 Å². The lowest BCUT2D eigenvalue weighted by Crippen LogP contribution is -2.34. The van der Waals surface area contributed by atoms with Crippen molar-refractivity contribution >= 4 is 11.6 Å². The van der Waals surface area contributed by atoms with Crippen molar-refractivity contribution < 1.29 is 0 Å². The van der Waals surface area contributed by atoms with Gasteiger partial charge in [0, 0.05) is 24.2 Å². The van der Waals surface area contributed by atoms with Crippen LogP contribution >= 0.6 is 11.6 Å². The maximum atomic E-state index is 6.14. The van der Waals surface area contributed by atoms with Crippen molar-refractivity contribution in [1.82, 2.24) is 10.2 Å². The van der Waals surface area contributed by atoms with E-state index < -0.39 is 0 Å². The predicted molar refractivity (Wildman–Crippen MR) is 68.8 cm³/mol. The van der Waals surface area contributed by atoms with Gasteiger partial charge in [0.1, 0.15) is 0 Å². The third-order valence-electron chi connectivity index (χ3n) is 3.09. The Balaban J connectivity index is 1.86. The van der Waals surface area contributed by atoms with Crippen LogP contribution in [0.25, 0.3) is 0 Å². The van der Waals surface area contributed by atoms with E-state index in [1.165, 1.54) is 24.9 Å². The molecule has 1 atom stereocenters. The molecule has 1 fully saturated rings. The number of rotatable bonds is 4. The lowest BCUT2D eigenvalue weighted by Gasteiger charge is -2.21. The van der Waals surface area contributed by atoms with Gasteiger partial charge >= 0.3 is 0 Å². The fraction of sp³-hybridized carbons (Fsp3) is 0.538. The van der Waals surface area contributed by atoms with Gasteiger partial charge in [-0.3, -0.25) is 0 Å². The van der Waals surface area contributed by atoms with E-state index in [1.807, 2.05) is 18.2 Å². The number of nitrogens with zero attached hydrogens (tertiary/aromatic N) is 1. The fourth-order valence-electron chi connectivity index (χ4n) is 2.27. The summed E-state index contributed by atoms with van der Waals surface area (Å²) in [6.45, 7) is 3.20. The van der Waals surface area contributed by atoms with Crippen LogP contribution in [-0.2, 0) is 6.54 Å². The van der Waals surface area contributed by atoms with E-state index >= 15 is 0 Å². The van der Waals surface area contributed by atoms with E-state index in [-0.39, 0.29) is 0 Å². The topological polar surface area (TPSA) is 15.3 Å². The molecule has 0 radical (unpaired) electrons. The Morgan fingerprint density at radius 2 is 2.25 bits per heavy atom. The minimum absolute atomic E-state index is 0.660. The third kappa shape index (κ3) is 3.21. The summed E-state index contributed by atoms with van der Waals surface area (Å²) < 4.78 is 0. The summed E-state index contributed by atoms with van der Waals surface area (Å²) in [4.78, 5) is 2.34. The molecule has 0 spiro atoms. The van der Waals surface area contributed by atoms with Gasteiger partial charge in [0.2, 0.25) is 0 Å². The Kier molecular flexibility index (Phi) is 4.22. The van der Waals surface area contributed by atoms with Crippen molar-refractivity contribution in [3.05, 3.63) is 34.9 Å². The van der Waals surface area contributed by atoms with Crippen LogP contribution < -0.4 is 5.32 Å². The van der Waals surface area contributed by atoms with Crippen LogP contribution in [0.1, 0.15) is 18.4 Å². The first-order valence-electron chi connectivity index (χ1n) is 5.91. The second-order valence-electron chi connectivity index (χ2n) is 4.58. The Hall–Kier alpha value is -0.570. The smallest absolute Gasteiger partial charge is 0.0451 e. The van der Waals surface area contributed by atoms with Crippen LogP contribution in [0.2, 0.25) is 5.02 Å². The molecule has 1 N–H and O–H groups in total. The lowest BCUT2D eigenvalue weighted by molar-refractivity contribution is 0.293. The quantitative estimate of drug-likeness (QED) is 0.867. The zero-order valence-electron chi connectivity index (χ0n) is 9.75. The molecule has 1 aliphatic rings.